The van der Waals surface area contributed by atoms with Crippen LogP contribution in [0.4, 0.5) is 0 Å². The van der Waals surface area contributed by atoms with Crippen LogP contribution in [0.25, 0.3) is 0 Å². The average molecular weight is 306 g/mol. The number of aromatic amines is 1. The van der Waals surface area contributed by atoms with Crippen molar-refractivity contribution in [3.63, 3.8) is 0 Å². The highest BCUT2D eigenvalue weighted by molar-refractivity contribution is 6.02. The maximum Gasteiger partial charge on any atom is 0.323 e. The Balaban J connectivity index is 2.40. The minimum atomic E-state index is -1.15. The van der Waals surface area contributed by atoms with Crippen molar-refractivity contribution in [2.45, 2.75) is 32.6 Å². The lowest BCUT2D eigenvalue weighted by Crippen LogP contribution is -2.39. The van der Waals surface area contributed by atoms with Gasteiger partial charge in [-0.1, -0.05) is 6.92 Å². The second-order valence-electron chi connectivity index (χ2n) is 5.30. The minimum Gasteiger partial charge on any atom is -0.480 e. The number of aryl methyl sites for hydroxylation is 1. The van der Waals surface area contributed by atoms with Gasteiger partial charge < -0.3 is 15.0 Å². The molecule has 0 unspecified atom stereocenters. The molecule has 0 atom stereocenters. The second-order valence-corrected chi connectivity index (χ2v) is 5.30. The van der Waals surface area contributed by atoms with Gasteiger partial charge in [0.05, 0.1) is 0 Å². The molecular formula is C15H18N2O5. The van der Waals surface area contributed by atoms with Gasteiger partial charge in [0, 0.05) is 24.2 Å². The predicted molar refractivity (Wildman–Crippen MR) is 78.2 cm³/mol. The van der Waals surface area contributed by atoms with Crippen LogP contribution in [0.15, 0.2) is 10.9 Å². The summed E-state index contributed by atoms with van der Waals surface area (Å²) >= 11 is 0. The number of fused-ring (bicyclic) bond motifs is 1. The molecule has 1 aliphatic rings. The quantitative estimate of drug-likeness (QED) is 0.837. The summed E-state index contributed by atoms with van der Waals surface area (Å²) < 4.78 is 0. The Bertz CT molecular complexity index is 677. The molecule has 22 heavy (non-hydrogen) atoms. The number of hydrogen-bond donors (Lipinski definition) is 2. The highest BCUT2D eigenvalue weighted by Gasteiger charge is 2.25. The molecule has 7 heteroatoms. The third-order valence-electron chi connectivity index (χ3n) is 3.59. The van der Waals surface area contributed by atoms with E-state index < -0.39 is 24.0 Å². The van der Waals surface area contributed by atoms with Gasteiger partial charge in [-0.25, -0.2) is 0 Å². The van der Waals surface area contributed by atoms with Gasteiger partial charge >= 0.3 is 5.97 Å². The molecule has 1 aromatic rings. The Morgan fingerprint density at radius 2 is 2.05 bits per heavy atom. The van der Waals surface area contributed by atoms with Crippen LogP contribution in [0.5, 0.6) is 0 Å². The summed E-state index contributed by atoms with van der Waals surface area (Å²) in [6.45, 7) is 1.56. The highest BCUT2D eigenvalue weighted by atomic mass is 16.4. The number of hydrogen-bond acceptors (Lipinski definition) is 4. The molecule has 1 heterocycles. The third-order valence-corrected chi connectivity index (χ3v) is 3.59. The molecule has 2 rings (SSSR count). The third kappa shape index (κ3) is 3.24. The predicted octanol–water partition coefficient (Wildman–Crippen LogP) is 0.831. The lowest BCUT2D eigenvalue weighted by atomic mass is 9.93. The minimum absolute atomic E-state index is 0.105. The number of ketones is 1. The van der Waals surface area contributed by atoms with E-state index in [-0.39, 0.29) is 17.9 Å². The van der Waals surface area contributed by atoms with E-state index in [2.05, 4.69) is 4.98 Å². The Morgan fingerprint density at radius 3 is 2.68 bits per heavy atom. The number of aromatic nitrogens is 1. The molecule has 0 fully saturated rings. The Kier molecular flexibility index (Phi) is 4.75. The Labute approximate surface area is 126 Å². The fraction of sp³-hybridized carbons (Fsp3) is 0.467. The molecule has 0 radical (unpaired) electrons. The summed E-state index contributed by atoms with van der Waals surface area (Å²) in [6.07, 6.45) is 2.23. The second kappa shape index (κ2) is 6.55. The van der Waals surface area contributed by atoms with Crippen molar-refractivity contribution in [3.8, 4) is 0 Å². The maximum absolute atomic E-state index is 12.4. The Morgan fingerprint density at radius 1 is 1.32 bits per heavy atom. The fourth-order valence-electron chi connectivity index (χ4n) is 2.59. The average Bonchev–Trinajstić information content (AvgIpc) is 2.45. The van der Waals surface area contributed by atoms with Gasteiger partial charge in [-0.05, 0) is 25.3 Å². The monoisotopic (exact) mass is 306 g/mol. The fourth-order valence-corrected chi connectivity index (χ4v) is 2.59. The first kappa shape index (κ1) is 15.9. The van der Waals surface area contributed by atoms with E-state index in [1.807, 2.05) is 6.92 Å². The first-order valence-electron chi connectivity index (χ1n) is 7.24. The van der Waals surface area contributed by atoms with Crippen LogP contribution in [0.2, 0.25) is 0 Å². The van der Waals surface area contributed by atoms with Crippen molar-refractivity contribution in [2.75, 3.05) is 13.1 Å². The van der Waals surface area contributed by atoms with Gasteiger partial charge in [0.25, 0.3) is 11.5 Å². The number of nitrogens with zero attached hydrogens (tertiary/aromatic N) is 1. The number of carbonyl (C=O) groups is 3. The summed E-state index contributed by atoms with van der Waals surface area (Å²) in [7, 11) is 0. The lowest BCUT2D eigenvalue weighted by Gasteiger charge is -2.21. The summed E-state index contributed by atoms with van der Waals surface area (Å²) in [4.78, 5) is 50.9. The van der Waals surface area contributed by atoms with E-state index in [4.69, 9.17) is 5.11 Å². The first-order chi connectivity index (χ1) is 10.4. The normalized spacial score (nSPS) is 13.6. The number of nitrogens with one attached hydrogen (secondary N) is 1. The zero-order valence-electron chi connectivity index (χ0n) is 12.3. The summed E-state index contributed by atoms with van der Waals surface area (Å²) in [5.41, 5.74) is 0.160. The molecule has 2 N–H and O–H groups in total. The van der Waals surface area contributed by atoms with Crippen LogP contribution in [-0.4, -0.2) is 45.7 Å². The first-order valence-corrected chi connectivity index (χ1v) is 7.24. The van der Waals surface area contributed by atoms with E-state index in [0.717, 1.165) is 4.90 Å². The van der Waals surface area contributed by atoms with Crippen molar-refractivity contribution in [1.29, 1.82) is 0 Å². The lowest BCUT2D eigenvalue weighted by molar-refractivity contribution is -0.137. The zero-order valence-corrected chi connectivity index (χ0v) is 12.3. The van der Waals surface area contributed by atoms with Gasteiger partial charge in [-0.3, -0.25) is 19.2 Å². The molecule has 0 aliphatic heterocycles. The van der Waals surface area contributed by atoms with Crippen LogP contribution < -0.4 is 5.56 Å². The van der Waals surface area contributed by atoms with Gasteiger partial charge in [0.1, 0.15) is 12.1 Å². The van der Waals surface area contributed by atoms with Crippen molar-refractivity contribution in [1.82, 2.24) is 9.88 Å². The zero-order chi connectivity index (χ0) is 16.3. The van der Waals surface area contributed by atoms with Crippen LogP contribution in [0, 0.1) is 0 Å². The smallest absolute Gasteiger partial charge is 0.323 e. The molecule has 0 bridgehead atoms. The molecule has 1 aromatic heterocycles. The Hall–Kier alpha value is -2.44. The summed E-state index contributed by atoms with van der Waals surface area (Å²) in [5, 5.41) is 8.88. The highest BCUT2D eigenvalue weighted by Crippen LogP contribution is 2.19. The SMILES string of the molecule is CCCN(CC(=O)O)C(=O)c1cc2c([nH]c1=O)CCCC2=O. The van der Waals surface area contributed by atoms with E-state index in [1.165, 1.54) is 6.07 Å². The van der Waals surface area contributed by atoms with E-state index in [0.29, 0.717) is 36.9 Å². The van der Waals surface area contributed by atoms with E-state index in [1.54, 1.807) is 0 Å². The molecule has 1 aliphatic carbocycles. The molecule has 0 saturated heterocycles. The van der Waals surface area contributed by atoms with Crippen molar-refractivity contribution in [2.24, 2.45) is 0 Å². The van der Waals surface area contributed by atoms with Gasteiger partial charge in [0.15, 0.2) is 5.78 Å². The van der Waals surface area contributed by atoms with E-state index >= 15 is 0 Å². The van der Waals surface area contributed by atoms with Crippen LogP contribution in [0.3, 0.4) is 0 Å². The van der Waals surface area contributed by atoms with E-state index in [9.17, 15) is 19.2 Å². The number of Topliss-reactive ketones (excluding diaryl/α,β-unsaturated/α-hetero) is 1. The number of H-pyrrole nitrogens is 1. The van der Waals surface area contributed by atoms with Crippen molar-refractivity contribution in [3.05, 3.63) is 33.2 Å². The van der Waals surface area contributed by atoms with Crippen molar-refractivity contribution >= 4 is 17.7 Å². The standard InChI is InChI=1S/C15H18N2O5/c1-2-6-17(8-13(19)20)15(22)10-7-9-11(16-14(10)21)4-3-5-12(9)18/h7H,2-6,8H2,1H3,(H,16,21)(H,19,20). The largest absolute Gasteiger partial charge is 0.480 e. The number of pyridine rings is 1. The molecule has 0 saturated carbocycles. The number of carboxylic acid groups (broad SMARTS) is 1. The van der Waals surface area contributed by atoms with Crippen LogP contribution in [-0.2, 0) is 11.2 Å². The summed E-state index contributed by atoms with van der Waals surface area (Å²) in [6, 6.07) is 1.31. The van der Waals surface area contributed by atoms with Gasteiger partial charge in [-0.2, -0.15) is 0 Å². The number of rotatable bonds is 5. The number of amides is 1. The number of carboxylic acids is 1. The number of carbonyl (C=O) groups excluding carboxylic acids is 2. The topological polar surface area (TPSA) is 108 Å². The van der Waals surface area contributed by atoms with Gasteiger partial charge in [-0.15, -0.1) is 0 Å². The maximum atomic E-state index is 12.4. The molecule has 7 nitrogen and oxygen atoms in total. The molecular weight excluding hydrogens is 288 g/mol. The molecule has 118 valence electrons. The van der Waals surface area contributed by atoms with Crippen LogP contribution in [0.1, 0.15) is 52.6 Å². The molecule has 0 spiro atoms. The van der Waals surface area contributed by atoms with Crippen molar-refractivity contribution < 1.29 is 19.5 Å². The number of aliphatic carboxylic acids is 1. The van der Waals surface area contributed by atoms with Crippen LogP contribution >= 0.6 is 0 Å². The molecule has 0 aromatic carbocycles. The molecule has 1 amide bonds. The van der Waals surface area contributed by atoms with Gasteiger partial charge in [0.2, 0.25) is 0 Å². The summed E-state index contributed by atoms with van der Waals surface area (Å²) in [5.74, 6) is -1.91.